The number of hydrogen-bond acceptors (Lipinski definition) is 1. The summed E-state index contributed by atoms with van der Waals surface area (Å²) in [5.74, 6) is 0.439. The molecule has 0 spiro atoms. The van der Waals surface area contributed by atoms with E-state index in [0.29, 0.717) is 14.1 Å². The third-order valence-electron chi connectivity index (χ3n) is 2.24. The van der Waals surface area contributed by atoms with E-state index in [1.807, 2.05) is 41.1 Å². The highest BCUT2D eigenvalue weighted by Gasteiger charge is 2.14. The highest BCUT2D eigenvalue weighted by atomic mass is 127. The highest BCUT2D eigenvalue weighted by molar-refractivity contribution is 14.1. The van der Waals surface area contributed by atoms with E-state index >= 15 is 0 Å². The Hall–Kier alpha value is -0.360. The first-order chi connectivity index (χ1) is 6.52. The van der Waals surface area contributed by atoms with Gasteiger partial charge >= 0.3 is 0 Å². The van der Waals surface area contributed by atoms with Crippen LogP contribution in [0.1, 0.15) is 5.82 Å². The Morgan fingerprint density at radius 1 is 1.57 bits per heavy atom. The van der Waals surface area contributed by atoms with Crippen LogP contribution < -0.4 is 0 Å². The van der Waals surface area contributed by atoms with Gasteiger partial charge in [-0.1, -0.05) is 11.6 Å². The normalized spacial score (nSPS) is 11.2. The predicted octanol–water partition coefficient (Wildman–Crippen LogP) is 3.28. The number of benzene rings is 1. The van der Waals surface area contributed by atoms with Gasteiger partial charge in [0.05, 0.1) is 14.1 Å². The molecule has 1 aromatic heterocycles. The predicted molar refractivity (Wildman–Crippen MR) is 63.1 cm³/mol. The smallest absolute Gasteiger partial charge is 0.165 e. The second-order valence-corrected chi connectivity index (χ2v) is 4.56. The molecule has 74 valence electrons. The molecule has 0 radical (unpaired) electrons. The quantitative estimate of drug-likeness (QED) is 0.537. The summed E-state index contributed by atoms with van der Waals surface area (Å²) in [7, 11) is 1.84. The molecule has 14 heavy (non-hydrogen) atoms. The van der Waals surface area contributed by atoms with Crippen molar-refractivity contribution >= 4 is 45.2 Å². The van der Waals surface area contributed by atoms with Crippen LogP contribution in [0.4, 0.5) is 4.39 Å². The summed E-state index contributed by atoms with van der Waals surface area (Å²) in [5, 5.41) is 0.429. The average molecular weight is 325 g/mol. The van der Waals surface area contributed by atoms with Crippen molar-refractivity contribution in [1.82, 2.24) is 9.55 Å². The van der Waals surface area contributed by atoms with Crippen LogP contribution in [0.5, 0.6) is 0 Å². The monoisotopic (exact) mass is 324 g/mol. The van der Waals surface area contributed by atoms with Crippen LogP contribution in [0.3, 0.4) is 0 Å². The molecule has 0 saturated carbocycles. The van der Waals surface area contributed by atoms with Gasteiger partial charge in [0, 0.05) is 7.05 Å². The molecule has 5 heteroatoms. The van der Waals surface area contributed by atoms with Crippen molar-refractivity contribution in [2.45, 2.75) is 6.92 Å². The maximum atomic E-state index is 13.7. The third kappa shape index (κ3) is 1.32. The van der Waals surface area contributed by atoms with E-state index in [1.54, 1.807) is 6.07 Å². The van der Waals surface area contributed by atoms with E-state index in [0.717, 1.165) is 11.3 Å². The summed E-state index contributed by atoms with van der Waals surface area (Å²) in [4.78, 5) is 4.14. The maximum Gasteiger partial charge on any atom is 0.165 e. The molecule has 0 atom stereocenters. The molecular weight excluding hydrogens is 317 g/mol. The molecule has 2 aromatic rings. The van der Waals surface area contributed by atoms with E-state index in [4.69, 9.17) is 11.6 Å². The molecule has 1 heterocycles. The lowest BCUT2D eigenvalue weighted by molar-refractivity contribution is 0.630. The summed E-state index contributed by atoms with van der Waals surface area (Å²) in [6.45, 7) is 1.83. The van der Waals surface area contributed by atoms with Crippen LogP contribution in [0, 0.1) is 16.3 Å². The van der Waals surface area contributed by atoms with Gasteiger partial charge in [-0.05, 0) is 35.6 Å². The minimum absolute atomic E-state index is 0.336. The standard InChI is InChI=1S/C9H7ClFIN2/c1-4-13-9-6(14(4)2)3-5(10)8(12)7(9)11/h3H,1-2H3. The largest absolute Gasteiger partial charge is 0.331 e. The molecular formula is C9H7ClFIN2. The highest BCUT2D eigenvalue weighted by Crippen LogP contribution is 2.28. The van der Waals surface area contributed by atoms with Crippen LogP contribution in [-0.2, 0) is 7.05 Å². The average Bonchev–Trinajstić information content (AvgIpc) is 2.42. The summed E-state index contributed by atoms with van der Waals surface area (Å²) >= 11 is 7.77. The first kappa shape index (κ1) is 10.2. The Bertz CT molecular complexity index is 521. The molecule has 0 aliphatic carbocycles. The van der Waals surface area contributed by atoms with Crippen LogP contribution >= 0.6 is 34.2 Å². The summed E-state index contributed by atoms with van der Waals surface area (Å²) in [6.07, 6.45) is 0. The number of nitrogens with zero attached hydrogens (tertiary/aromatic N) is 2. The Labute approximate surface area is 99.2 Å². The van der Waals surface area contributed by atoms with Gasteiger partial charge in [-0.2, -0.15) is 0 Å². The molecule has 0 aliphatic heterocycles. The topological polar surface area (TPSA) is 17.8 Å². The van der Waals surface area contributed by atoms with Gasteiger partial charge in [-0.15, -0.1) is 0 Å². The van der Waals surface area contributed by atoms with Crippen molar-refractivity contribution in [3.8, 4) is 0 Å². The van der Waals surface area contributed by atoms with Crippen LogP contribution in [0.25, 0.3) is 11.0 Å². The van der Waals surface area contributed by atoms with Crippen molar-refractivity contribution in [2.75, 3.05) is 0 Å². The fraction of sp³-hybridized carbons (Fsp3) is 0.222. The third-order valence-corrected chi connectivity index (χ3v) is 3.91. The molecule has 0 unspecified atom stereocenters. The van der Waals surface area contributed by atoms with Gasteiger partial charge in [-0.3, -0.25) is 0 Å². The lowest BCUT2D eigenvalue weighted by Crippen LogP contribution is -1.91. The molecule has 0 N–H and O–H groups in total. The number of fused-ring (bicyclic) bond motifs is 1. The summed E-state index contributed by atoms with van der Waals surface area (Å²) in [5.41, 5.74) is 1.12. The minimum atomic E-state index is -0.336. The maximum absolute atomic E-state index is 13.7. The van der Waals surface area contributed by atoms with E-state index in [9.17, 15) is 4.39 Å². The Morgan fingerprint density at radius 3 is 2.86 bits per heavy atom. The van der Waals surface area contributed by atoms with Gasteiger partial charge in [0.2, 0.25) is 0 Å². The van der Waals surface area contributed by atoms with Crippen molar-refractivity contribution in [2.24, 2.45) is 7.05 Å². The van der Waals surface area contributed by atoms with E-state index in [2.05, 4.69) is 4.98 Å². The molecule has 0 amide bonds. The van der Waals surface area contributed by atoms with Crippen molar-refractivity contribution in [3.63, 3.8) is 0 Å². The van der Waals surface area contributed by atoms with Crippen LogP contribution in [0.2, 0.25) is 5.02 Å². The Kier molecular flexibility index (Phi) is 2.43. The lowest BCUT2D eigenvalue weighted by Gasteiger charge is -2.00. The zero-order chi connectivity index (χ0) is 10.5. The minimum Gasteiger partial charge on any atom is -0.331 e. The van der Waals surface area contributed by atoms with Gasteiger partial charge in [-0.25, -0.2) is 9.37 Å². The van der Waals surface area contributed by atoms with Crippen LogP contribution in [-0.4, -0.2) is 9.55 Å². The first-order valence-corrected chi connectivity index (χ1v) is 5.44. The molecule has 2 rings (SSSR count). The van der Waals surface area contributed by atoms with Gasteiger partial charge < -0.3 is 4.57 Å². The second-order valence-electron chi connectivity index (χ2n) is 3.07. The Morgan fingerprint density at radius 2 is 2.21 bits per heavy atom. The fourth-order valence-corrected chi connectivity index (χ4v) is 1.94. The zero-order valence-electron chi connectivity index (χ0n) is 7.61. The summed E-state index contributed by atoms with van der Waals surface area (Å²) in [6, 6.07) is 1.74. The number of halogens is 3. The van der Waals surface area contributed by atoms with Gasteiger partial charge in [0.25, 0.3) is 0 Å². The number of aryl methyl sites for hydroxylation is 2. The first-order valence-electron chi connectivity index (χ1n) is 3.99. The van der Waals surface area contributed by atoms with Gasteiger partial charge in [0.15, 0.2) is 5.82 Å². The van der Waals surface area contributed by atoms with Crippen molar-refractivity contribution in [1.29, 1.82) is 0 Å². The molecule has 2 nitrogen and oxygen atoms in total. The number of imidazole rings is 1. The van der Waals surface area contributed by atoms with E-state index < -0.39 is 0 Å². The van der Waals surface area contributed by atoms with E-state index in [1.165, 1.54) is 0 Å². The SMILES string of the molecule is Cc1nc2c(F)c(I)c(Cl)cc2n1C. The molecule has 0 saturated heterocycles. The number of aromatic nitrogens is 2. The number of hydrogen-bond donors (Lipinski definition) is 0. The molecule has 0 bridgehead atoms. The molecule has 0 fully saturated rings. The molecule has 1 aromatic carbocycles. The van der Waals surface area contributed by atoms with Gasteiger partial charge in [0.1, 0.15) is 11.3 Å². The zero-order valence-corrected chi connectivity index (χ0v) is 10.5. The Balaban J connectivity index is 2.98. The molecule has 0 aliphatic rings. The van der Waals surface area contributed by atoms with Crippen molar-refractivity contribution < 1.29 is 4.39 Å². The fourth-order valence-electron chi connectivity index (χ4n) is 1.35. The lowest BCUT2D eigenvalue weighted by atomic mass is 10.3. The van der Waals surface area contributed by atoms with E-state index in [-0.39, 0.29) is 5.82 Å². The van der Waals surface area contributed by atoms with Crippen molar-refractivity contribution in [3.05, 3.63) is 26.3 Å². The second kappa shape index (κ2) is 3.34. The summed E-state index contributed by atoms with van der Waals surface area (Å²) < 4.78 is 15.9. The van der Waals surface area contributed by atoms with Crippen LogP contribution in [0.15, 0.2) is 6.07 Å². The number of rotatable bonds is 0.